The first kappa shape index (κ1) is 9.52. The van der Waals surface area contributed by atoms with E-state index in [-0.39, 0.29) is 5.75 Å². The van der Waals surface area contributed by atoms with E-state index in [4.69, 9.17) is 0 Å². The van der Waals surface area contributed by atoms with Crippen molar-refractivity contribution >= 4 is 15.5 Å². The van der Waals surface area contributed by atoms with Crippen LogP contribution in [0.5, 0.6) is 0 Å². The molecule has 1 aromatic rings. The standard InChI is InChI=1S/C10H13NO2S/c1-7-5-8(2)10-9(6-7)11-3-4-14(10,12)13/h5-6,11H,3-4H2,1-2H3. The molecular formula is C10H13NO2S. The number of aryl methyl sites for hydroxylation is 2. The minimum atomic E-state index is -3.05. The molecule has 76 valence electrons. The van der Waals surface area contributed by atoms with E-state index in [0.717, 1.165) is 16.8 Å². The molecule has 1 aliphatic rings. The highest BCUT2D eigenvalue weighted by molar-refractivity contribution is 7.91. The van der Waals surface area contributed by atoms with E-state index in [9.17, 15) is 8.42 Å². The average Bonchev–Trinajstić information content (AvgIpc) is 2.00. The van der Waals surface area contributed by atoms with Gasteiger partial charge in [-0.25, -0.2) is 8.42 Å². The summed E-state index contributed by atoms with van der Waals surface area (Å²) in [5.74, 6) is 0.198. The highest BCUT2D eigenvalue weighted by atomic mass is 32.2. The highest BCUT2D eigenvalue weighted by Gasteiger charge is 2.25. The van der Waals surface area contributed by atoms with Crippen molar-refractivity contribution in [3.05, 3.63) is 23.3 Å². The lowest BCUT2D eigenvalue weighted by atomic mass is 10.1. The molecule has 0 spiro atoms. The van der Waals surface area contributed by atoms with Crippen LogP contribution in [0.25, 0.3) is 0 Å². The Labute approximate surface area is 84.1 Å². The summed E-state index contributed by atoms with van der Waals surface area (Å²) < 4.78 is 23.5. The molecule has 0 aliphatic carbocycles. The summed E-state index contributed by atoms with van der Waals surface area (Å²) in [6, 6.07) is 3.79. The molecule has 4 heteroatoms. The predicted molar refractivity (Wildman–Crippen MR) is 56.5 cm³/mol. The molecule has 0 fully saturated rings. The molecule has 0 saturated heterocycles. The Morgan fingerprint density at radius 1 is 1.29 bits per heavy atom. The molecule has 0 unspecified atom stereocenters. The second-order valence-corrected chi connectivity index (χ2v) is 5.75. The van der Waals surface area contributed by atoms with Crippen molar-refractivity contribution in [3.63, 3.8) is 0 Å². The third-order valence-corrected chi connectivity index (χ3v) is 4.32. The zero-order chi connectivity index (χ0) is 10.3. The van der Waals surface area contributed by atoms with E-state index in [2.05, 4.69) is 5.32 Å². The molecule has 3 nitrogen and oxygen atoms in total. The van der Waals surface area contributed by atoms with Crippen LogP contribution in [-0.2, 0) is 9.84 Å². The largest absolute Gasteiger partial charge is 0.383 e. The SMILES string of the molecule is Cc1cc(C)c2c(c1)NCCS2(=O)=O. The second-order valence-electron chi connectivity index (χ2n) is 3.70. The van der Waals surface area contributed by atoms with Gasteiger partial charge in [-0.15, -0.1) is 0 Å². The average molecular weight is 211 g/mol. The summed E-state index contributed by atoms with van der Waals surface area (Å²) in [6.07, 6.45) is 0. The Kier molecular flexibility index (Phi) is 2.03. The zero-order valence-corrected chi connectivity index (χ0v) is 9.11. The smallest absolute Gasteiger partial charge is 0.182 e. The van der Waals surface area contributed by atoms with Crippen molar-refractivity contribution in [1.82, 2.24) is 0 Å². The van der Waals surface area contributed by atoms with Crippen LogP contribution in [0, 0.1) is 13.8 Å². The summed E-state index contributed by atoms with van der Waals surface area (Å²) in [5, 5.41) is 3.12. The quantitative estimate of drug-likeness (QED) is 0.707. The van der Waals surface area contributed by atoms with E-state index in [1.165, 1.54) is 0 Å². The minimum Gasteiger partial charge on any atom is -0.383 e. The van der Waals surface area contributed by atoms with E-state index < -0.39 is 9.84 Å². The van der Waals surface area contributed by atoms with Crippen molar-refractivity contribution in [2.75, 3.05) is 17.6 Å². The van der Waals surface area contributed by atoms with Crippen LogP contribution in [-0.4, -0.2) is 20.7 Å². The van der Waals surface area contributed by atoms with Crippen LogP contribution in [0.1, 0.15) is 11.1 Å². The molecule has 0 saturated carbocycles. The van der Waals surface area contributed by atoms with Gasteiger partial charge in [-0.1, -0.05) is 6.07 Å². The minimum absolute atomic E-state index is 0.198. The van der Waals surface area contributed by atoms with Crippen LogP contribution in [0.2, 0.25) is 0 Å². The second kappa shape index (κ2) is 2.98. The molecule has 0 amide bonds. The number of benzene rings is 1. The van der Waals surface area contributed by atoms with E-state index in [1.54, 1.807) is 0 Å². The molecule has 0 atom stereocenters. The summed E-state index contributed by atoms with van der Waals surface area (Å²) >= 11 is 0. The van der Waals surface area contributed by atoms with Gasteiger partial charge in [-0.3, -0.25) is 0 Å². The number of nitrogens with one attached hydrogen (secondary N) is 1. The molecule has 0 radical (unpaired) electrons. The lowest BCUT2D eigenvalue weighted by molar-refractivity contribution is 0.594. The number of fused-ring (bicyclic) bond motifs is 1. The summed E-state index contributed by atoms with van der Waals surface area (Å²) in [5.41, 5.74) is 2.69. The first-order valence-corrected chi connectivity index (χ1v) is 6.24. The van der Waals surface area contributed by atoms with Crippen molar-refractivity contribution in [2.24, 2.45) is 0 Å². The number of anilines is 1. The van der Waals surface area contributed by atoms with Crippen LogP contribution in [0.4, 0.5) is 5.69 Å². The molecular weight excluding hydrogens is 198 g/mol. The van der Waals surface area contributed by atoms with Crippen LogP contribution in [0.15, 0.2) is 17.0 Å². The van der Waals surface area contributed by atoms with Crippen LogP contribution in [0.3, 0.4) is 0 Å². The lowest BCUT2D eigenvalue weighted by Gasteiger charge is -2.20. The number of rotatable bonds is 0. The summed E-state index contributed by atoms with van der Waals surface area (Å²) in [4.78, 5) is 0.481. The molecule has 1 aliphatic heterocycles. The Hall–Kier alpha value is -1.03. The number of sulfone groups is 1. The third-order valence-electron chi connectivity index (χ3n) is 2.42. The molecule has 0 bridgehead atoms. The van der Waals surface area contributed by atoms with Crippen molar-refractivity contribution in [2.45, 2.75) is 18.7 Å². The molecule has 1 heterocycles. The van der Waals surface area contributed by atoms with Crippen molar-refractivity contribution in [1.29, 1.82) is 0 Å². The third kappa shape index (κ3) is 1.39. The van der Waals surface area contributed by atoms with Crippen LogP contribution < -0.4 is 5.32 Å². The normalized spacial score (nSPS) is 18.4. The number of hydrogen-bond donors (Lipinski definition) is 1. The van der Waals surface area contributed by atoms with Gasteiger partial charge in [0.15, 0.2) is 9.84 Å². The molecule has 1 aromatic carbocycles. The Morgan fingerprint density at radius 3 is 2.71 bits per heavy atom. The van der Waals surface area contributed by atoms with Gasteiger partial charge in [-0.2, -0.15) is 0 Å². The van der Waals surface area contributed by atoms with Crippen molar-refractivity contribution < 1.29 is 8.42 Å². The summed E-state index contributed by atoms with van der Waals surface area (Å²) in [7, 11) is -3.05. The molecule has 2 rings (SSSR count). The topological polar surface area (TPSA) is 46.2 Å². The van der Waals surface area contributed by atoms with Crippen molar-refractivity contribution in [3.8, 4) is 0 Å². The fourth-order valence-electron chi connectivity index (χ4n) is 1.92. The Morgan fingerprint density at radius 2 is 2.00 bits per heavy atom. The Balaban J connectivity index is 2.76. The maximum Gasteiger partial charge on any atom is 0.182 e. The molecule has 14 heavy (non-hydrogen) atoms. The summed E-state index contributed by atoms with van der Waals surface area (Å²) in [6.45, 7) is 4.32. The van der Waals surface area contributed by atoms with Gasteiger partial charge >= 0.3 is 0 Å². The van der Waals surface area contributed by atoms with Crippen LogP contribution >= 0.6 is 0 Å². The highest BCUT2D eigenvalue weighted by Crippen LogP contribution is 2.30. The van der Waals surface area contributed by atoms with Gasteiger partial charge in [0.1, 0.15) is 0 Å². The lowest BCUT2D eigenvalue weighted by Crippen LogP contribution is -2.24. The zero-order valence-electron chi connectivity index (χ0n) is 8.29. The molecule has 0 aromatic heterocycles. The maximum atomic E-state index is 11.8. The van der Waals surface area contributed by atoms with Gasteiger partial charge in [0.2, 0.25) is 0 Å². The maximum absolute atomic E-state index is 11.8. The molecule has 1 N–H and O–H groups in total. The van der Waals surface area contributed by atoms with Gasteiger partial charge in [-0.05, 0) is 31.0 Å². The first-order chi connectivity index (χ1) is 6.50. The predicted octanol–water partition coefficient (Wildman–Crippen LogP) is 1.50. The van der Waals surface area contributed by atoms with Gasteiger partial charge < -0.3 is 5.32 Å². The Bertz CT molecular complexity index is 477. The monoisotopic (exact) mass is 211 g/mol. The fourth-order valence-corrected chi connectivity index (χ4v) is 3.51. The van der Waals surface area contributed by atoms with E-state index >= 15 is 0 Å². The van der Waals surface area contributed by atoms with Gasteiger partial charge in [0, 0.05) is 6.54 Å². The number of hydrogen-bond acceptors (Lipinski definition) is 3. The fraction of sp³-hybridized carbons (Fsp3) is 0.400. The van der Waals surface area contributed by atoms with E-state index in [0.29, 0.717) is 11.4 Å². The van der Waals surface area contributed by atoms with Gasteiger partial charge in [0.05, 0.1) is 16.3 Å². The first-order valence-electron chi connectivity index (χ1n) is 4.58. The van der Waals surface area contributed by atoms with E-state index in [1.807, 2.05) is 26.0 Å². The van der Waals surface area contributed by atoms with Gasteiger partial charge in [0.25, 0.3) is 0 Å².